The molecule has 0 fully saturated rings. The minimum Gasteiger partial charge on any atom is -0.339 e. The summed E-state index contributed by atoms with van der Waals surface area (Å²) in [6.45, 7) is 2.96. The lowest BCUT2D eigenvalue weighted by Gasteiger charge is -2.21. The van der Waals surface area contributed by atoms with Gasteiger partial charge in [-0.1, -0.05) is 60.2 Å². The van der Waals surface area contributed by atoms with Crippen LogP contribution in [-0.2, 0) is 0 Å². The maximum atomic E-state index is 14.0. The molecule has 0 saturated heterocycles. The molecular formula is C25H25FN2. The van der Waals surface area contributed by atoms with Gasteiger partial charge in [0.2, 0.25) is 0 Å². The Labute approximate surface area is 165 Å². The Hall–Kier alpha value is -2.91. The molecule has 1 heterocycles. The molecule has 4 rings (SSSR count). The monoisotopic (exact) mass is 372 g/mol. The van der Waals surface area contributed by atoms with Gasteiger partial charge < -0.3 is 9.88 Å². The maximum absolute atomic E-state index is 14.0. The van der Waals surface area contributed by atoms with Crippen molar-refractivity contribution in [3.05, 3.63) is 95.9 Å². The zero-order valence-corrected chi connectivity index (χ0v) is 16.3. The van der Waals surface area contributed by atoms with Crippen molar-refractivity contribution in [1.29, 1.82) is 0 Å². The summed E-state index contributed by atoms with van der Waals surface area (Å²) in [4.78, 5) is 0. The molecule has 3 heteroatoms. The molecule has 1 aromatic heterocycles. The molecule has 2 nitrogen and oxygen atoms in total. The van der Waals surface area contributed by atoms with Crippen LogP contribution < -0.4 is 5.32 Å². The van der Waals surface area contributed by atoms with Gasteiger partial charge in [-0.05, 0) is 56.3 Å². The highest BCUT2D eigenvalue weighted by Gasteiger charge is 2.19. The first-order chi connectivity index (χ1) is 13.7. The molecule has 1 N–H and O–H groups in total. The molecule has 28 heavy (non-hydrogen) atoms. The van der Waals surface area contributed by atoms with Crippen LogP contribution in [0.25, 0.3) is 22.0 Å². The molecule has 0 aliphatic rings. The molecule has 0 bridgehead atoms. The van der Waals surface area contributed by atoms with E-state index in [-0.39, 0.29) is 11.9 Å². The number of aromatic nitrogens is 1. The van der Waals surface area contributed by atoms with Gasteiger partial charge in [-0.15, -0.1) is 0 Å². The fraction of sp³-hybridized carbons (Fsp3) is 0.200. The number of fused-ring (bicyclic) bond motifs is 1. The molecule has 1 unspecified atom stereocenters. The molecule has 142 valence electrons. The van der Waals surface area contributed by atoms with Crippen molar-refractivity contribution in [3.8, 4) is 11.1 Å². The van der Waals surface area contributed by atoms with Crippen molar-refractivity contribution in [2.75, 3.05) is 13.6 Å². The fourth-order valence-electron chi connectivity index (χ4n) is 3.89. The lowest BCUT2D eigenvalue weighted by atomic mass is 10.0. The van der Waals surface area contributed by atoms with Crippen LogP contribution in [0.15, 0.2) is 79.0 Å². The predicted molar refractivity (Wildman–Crippen MR) is 115 cm³/mol. The van der Waals surface area contributed by atoms with E-state index in [4.69, 9.17) is 0 Å². The summed E-state index contributed by atoms with van der Waals surface area (Å²) < 4.78 is 16.3. The van der Waals surface area contributed by atoms with Gasteiger partial charge >= 0.3 is 0 Å². The second-order valence-electron chi connectivity index (χ2n) is 7.30. The molecule has 0 aliphatic carbocycles. The van der Waals surface area contributed by atoms with Gasteiger partial charge in [-0.25, -0.2) is 4.39 Å². The number of rotatable bonds is 6. The van der Waals surface area contributed by atoms with E-state index < -0.39 is 0 Å². The van der Waals surface area contributed by atoms with E-state index in [1.807, 2.05) is 13.1 Å². The Bertz CT molecular complexity index is 1080. The molecule has 0 aliphatic heterocycles. The van der Waals surface area contributed by atoms with Crippen LogP contribution in [0.5, 0.6) is 0 Å². The SMILES string of the molecule is CNCCC(c1cccc(F)c1)n1cc(-c2ccc(C)cc2)c2ccccc21. The van der Waals surface area contributed by atoms with Gasteiger partial charge in [-0.3, -0.25) is 0 Å². The number of hydrogen-bond donors (Lipinski definition) is 1. The Balaban J connectivity index is 1.89. The third kappa shape index (κ3) is 3.58. The average Bonchev–Trinajstić information content (AvgIpc) is 3.09. The Morgan fingerprint density at radius 3 is 2.50 bits per heavy atom. The van der Waals surface area contributed by atoms with Gasteiger partial charge in [0.1, 0.15) is 5.82 Å². The van der Waals surface area contributed by atoms with Crippen molar-refractivity contribution in [2.24, 2.45) is 0 Å². The number of hydrogen-bond acceptors (Lipinski definition) is 1. The summed E-state index contributed by atoms with van der Waals surface area (Å²) in [6, 6.07) is 24.1. The Kier molecular flexibility index (Phi) is 5.27. The summed E-state index contributed by atoms with van der Waals surface area (Å²) in [5.74, 6) is -0.192. The highest BCUT2D eigenvalue weighted by atomic mass is 19.1. The van der Waals surface area contributed by atoms with Gasteiger partial charge in [-0.2, -0.15) is 0 Å². The first-order valence-electron chi connectivity index (χ1n) is 9.74. The standard InChI is InChI=1S/C25H25FN2/c1-18-10-12-19(13-11-18)23-17-28(25-9-4-3-8-22(23)25)24(14-15-27-2)20-6-5-7-21(26)16-20/h3-13,16-17,24,27H,14-15H2,1-2H3. The van der Waals surface area contributed by atoms with Crippen LogP contribution in [0, 0.1) is 12.7 Å². The second-order valence-corrected chi connectivity index (χ2v) is 7.30. The van der Waals surface area contributed by atoms with E-state index in [1.54, 1.807) is 12.1 Å². The molecule has 1 atom stereocenters. The van der Waals surface area contributed by atoms with Crippen LogP contribution >= 0.6 is 0 Å². The minimum atomic E-state index is -0.192. The van der Waals surface area contributed by atoms with E-state index >= 15 is 0 Å². The molecule has 0 radical (unpaired) electrons. The van der Waals surface area contributed by atoms with Crippen molar-refractivity contribution >= 4 is 10.9 Å². The lowest BCUT2D eigenvalue weighted by molar-refractivity contribution is 0.534. The van der Waals surface area contributed by atoms with Crippen LogP contribution in [-0.4, -0.2) is 18.2 Å². The van der Waals surface area contributed by atoms with E-state index in [1.165, 1.54) is 33.7 Å². The molecule has 3 aromatic carbocycles. The van der Waals surface area contributed by atoms with Gasteiger partial charge in [0.15, 0.2) is 0 Å². The summed E-state index contributed by atoms with van der Waals surface area (Å²) in [6.07, 6.45) is 3.10. The lowest BCUT2D eigenvalue weighted by Crippen LogP contribution is -2.17. The largest absolute Gasteiger partial charge is 0.339 e. The van der Waals surface area contributed by atoms with Crippen molar-refractivity contribution in [3.63, 3.8) is 0 Å². The van der Waals surface area contributed by atoms with Crippen molar-refractivity contribution < 1.29 is 4.39 Å². The van der Waals surface area contributed by atoms with Gasteiger partial charge in [0, 0.05) is 22.7 Å². The normalized spacial score (nSPS) is 12.4. The summed E-state index contributed by atoms with van der Waals surface area (Å²) in [5, 5.41) is 4.46. The number of nitrogens with one attached hydrogen (secondary N) is 1. The number of halogens is 1. The van der Waals surface area contributed by atoms with Crippen LogP contribution in [0.2, 0.25) is 0 Å². The number of para-hydroxylation sites is 1. The van der Waals surface area contributed by atoms with E-state index in [0.29, 0.717) is 0 Å². The first-order valence-corrected chi connectivity index (χ1v) is 9.74. The Morgan fingerprint density at radius 1 is 0.964 bits per heavy atom. The van der Waals surface area contributed by atoms with Crippen LogP contribution in [0.3, 0.4) is 0 Å². The molecular weight excluding hydrogens is 347 g/mol. The highest BCUT2D eigenvalue weighted by molar-refractivity contribution is 5.96. The summed E-state index contributed by atoms with van der Waals surface area (Å²) in [7, 11) is 1.95. The quantitative estimate of drug-likeness (QED) is 0.442. The summed E-state index contributed by atoms with van der Waals surface area (Å²) in [5.41, 5.74) is 5.82. The van der Waals surface area contributed by atoms with E-state index in [2.05, 4.69) is 71.5 Å². The first kappa shape index (κ1) is 18.5. The molecule has 0 spiro atoms. The molecule has 0 saturated carbocycles. The molecule has 0 amide bonds. The second kappa shape index (κ2) is 7.99. The number of aryl methyl sites for hydroxylation is 1. The van der Waals surface area contributed by atoms with Crippen molar-refractivity contribution in [2.45, 2.75) is 19.4 Å². The van der Waals surface area contributed by atoms with Gasteiger partial charge in [0.25, 0.3) is 0 Å². The van der Waals surface area contributed by atoms with Crippen LogP contribution in [0.4, 0.5) is 4.39 Å². The van der Waals surface area contributed by atoms with E-state index in [9.17, 15) is 4.39 Å². The zero-order chi connectivity index (χ0) is 19.5. The van der Waals surface area contributed by atoms with E-state index in [0.717, 1.165) is 18.5 Å². The molecule has 4 aromatic rings. The average molecular weight is 372 g/mol. The topological polar surface area (TPSA) is 17.0 Å². The number of benzene rings is 3. The van der Waals surface area contributed by atoms with Gasteiger partial charge in [0.05, 0.1) is 6.04 Å². The predicted octanol–water partition coefficient (Wildman–Crippen LogP) is 5.95. The highest BCUT2D eigenvalue weighted by Crippen LogP contribution is 2.35. The third-order valence-corrected chi connectivity index (χ3v) is 5.34. The summed E-state index contributed by atoms with van der Waals surface area (Å²) >= 11 is 0. The fourth-order valence-corrected chi connectivity index (χ4v) is 3.89. The van der Waals surface area contributed by atoms with Crippen LogP contribution in [0.1, 0.15) is 23.6 Å². The maximum Gasteiger partial charge on any atom is 0.123 e. The third-order valence-electron chi connectivity index (χ3n) is 5.34. The zero-order valence-electron chi connectivity index (χ0n) is 16.3. The minimum absolute atomic E-state index is 0.0623. The van der Waals surface area contributed by atoms with Crippen molar-refractivity contribution in [1.82, 2.24) is 9.88 Å². The Morgan fingerprint density at radius 2 is 1.75 bits per heavy atom. The number of nitrogens with zero attached hydrogens (tertiary/aromatic N) is 1. The smallest absolute Gasteiger partial charge is 0.123 e.